The Morgan fingerprint density at radius 3 is 2.57 bits per heavy atom. The lowest BCUT2D eigenvalue weighted by atomic mass is 10.2. The highest BCUT2D eigenvalue weighted by molar-refractivity contribution is 9.10. The largest absolute Gasteiger partial charge is 0.433 e. The van der Waals surface area contributed by atoms with Crippen LogP contribution >= 0.6 is 27.3 Å². The van der Waals surface area contributed by atoms with E-state index in [0.29, 0.717) is 35.6 Å². The SMILES string of the molecule is CN1CCN(C(=O)c2nn3c(C(F)(F)F)cc(-c4cccs4)nc3c2Br)CC1. The summed E-state index contributed by atoms with van der Waals surface area (Å²) in [6.07, 6.45) is -4.65. The van der Waals surface area contributed by atoms with Gasteiger partial charge in [0.2, 0.25) is 0 Å². The number of fused-ring (bicyclic) bond motifs is 1. The average molecular weight is 474 g/mol. The fourth-order valence-corrected chi connectivity index (χ4v) is 4.23. The molecule has 3 aromatic rings. The first-order valence-corrected chi connectivity index (χ1v) is 10.1. The van der Waals surface area contributed by atoms with E-state index in [1.807, 2.05) is 7.05 Å². The molecule has 6 nitrogen and oxygen atoms in total. The number of aromatic nitrogens is 3. The van der Waals surface area contributed by atoms with Gasteiger partial charge >= 0.3 is 6.18 Å². The number of carbonyl (C=O) groups is 1. The van der Waals surface area contributed by atoms with Crippen molar-refractivity contribution in [3.63, 3.8) is 0 Å². The van der Waals surface area contributed by atoms with Crippen molar-refractivity contribution in [2.24, 2.45) is 0 Å². The summed E-state index contributed by atoms with van der Waals surface area (Å²) in [5, 5.41) is 5.75. The van der Waals surface area contributed by atoms with E-state index in [4.69, 9.17) is 0 Å². The van der Waals surface area contributed by atoms with E-state index < -0.39 is 17.8 Å². The summed E-state index contributed by atoms with van der Waals surface area (Å²) in [6, 6.07) is 4.40. The van der Waals surface area contributed by atoms with Crippen LogP contribution < -0.4 is 0 Å². The van der Waals surface area contributed by atoms with Gasteiger partial charge in [-0.2, -0.15) is 18.3 Å². The molecular formula is C17H15BrF3N5OS. The van der Waals surface area contributed by atoms with Crippen LogP contribution in [-0.4, -0.2) is 63.5 Å². The van der Waals surface area contributed by atoms with Crippen molar-refractivity contribution in [1.29, 1.82) is 0 Å². The van der Waals surface area contributed by atoms with E-state index in [1.165, 1.54) is 11.3 Å². The molecule has 3 aromatic heterocycles. The Labute approximate surface area is 170 Å². The summed E-state index contributed by atoms with van der Waals surface area (Å²) in [7, 11) is 1.95. The smallest absolute Gasteiger partial charge is 0.335 e. The highest BCUT2D eigenvalue weighted by Crippen LogP contribution is 2.35. The van der Waals surface area contributed by atoms with Crippen LogP contribution in [0.2, 0.25) is 0 Å². The second-order valence-electron chi connectivity index (χ2n) is 6.50. The Balaban J connectivity index is 1.84. The number of hydrogen-bond donors (Lipinski definition) is 0. The van der Waals surface area contributed by atoms with Crippen molar-refractivity contribution in [3.05, 3.63) is 39.4 Å². The summed E-state index contributed by atoms with van der Waals surface area (Å²) in [6.45, 7) is 2.39. The topological polar surface area (TPSA) is 53.7 Å². The quantitative estimate of drug-likeness (QED) is 0.570. The van der Waals surface area contributed by atoms with Gasteiger partial charge in [0.15, 0.2) is 17.0 Å². The van der Waals surface area contributed by atoms with Gasteiger partial charge in [-0.1, -0.05) is 6.07 Å². The Morgan fingerprint density at radius 2 is 1.96 bits per heavy atom. The number of likely N-dealkylation sites (N-methyl/N-ethyl adjacent to an activating group) is 1. The first kappa shape index (κ1) is 19.3. The molecule has 1 aliphatic rings. The third kappa shape index (κ3) is 3.42. The first-order valence-electron chi connectivity index (χ1n) is 8.44. The second kappa shape index (κ2) is 7.12. The molecule has 28 heavy (non-hydrogen) atoms. The maximum Gasteiger partial charge on any atom is 0.433 e. The van der Waals surface area contributed by atoms with Crippen molar-refractivity contribution < 1.29 is 18.0 Å². The van der Waals surface area contributed by atoms with Gasteiger partial charge in [-0.15, -0.1) is 11.3 Å². The van der Waals surface area contributed by atoms with Crippen molar-refractivity contribution in [2.75, 3.05) is 33.2 Å². The number of thiophene rings is 1. The predicted octanol–water partition coefficient (Wildman–Crippen LogP) is 3.63. The zero-order valence-corrected chi connectivity index (χ0v) is 17.1. The Bertz CT molecular complexity index is 1030. The zero-order chi connectivity index (χ0) is 20.1. The van der Waals surface area contributed by atoms with E-state index >= 15 is 0 Å². The molecule has 1 fully saturated rings. The molecule has 0 saturated carbocycles. The number of amides is 1. The number of rotatable bonds is 2. The van der Waals surface area contributed by atoms with Crippen LogP contribution in [0.25, 0.3) is 16.2 Å². The van der Waals surface area contributed by atoms with Crippen molar-refractivity contribution in [3.8, 4) is 10.6 Å². The van der Waals surface area contributed by atoms with Crippen molar-refractivity contribution >= 4 is 38.8 Å². The predicted molar refractivity (Wildman–Crippen MR) is 102 cm³/mol. The van der Waals surface area contributed by atoms with E-state index in [2.05, 4.69) is 30.9 Å². The summed E-state index contributed by atoms with van der Waals surface area (Å²) < 4.78 is 41.9. The van der Waals surface area contributed by atoms with Gasteiger partial charge in [0.1, 0.15) is 0 Å². The molecule has 0 aliphatic carbocycles. The number of carbonyl (C=O) groups excluding carboxylic acids is 1. The van der Waals surface area contributed by atoms with Gasteiger partial charge < -0.3 is 9.80 Å². The van der Waals surface area contributed by atoms with Crippen LogP contribution in [0.15, 0.2) is 28.1 Å². The highest BCUT2D eigenvalue weighted by Gasteiger charge is 2.37. The number of hydrogen-bond acceptors (Lipinski definition) is 5. The van der Waals surface area contributed by atoms with E-state index in [0.717, 1.165) is 6.07 Å². The normalized spacial score (nSPS) is 16.1. The Morgan fingerprint density at radius 1 is 1.25 bits per heavy atom. The van der Waals surface area contributed by atoms with E-state index in [-0.39, 0.29) is 21.5 Å². The fraction of sp³-hybridized carbons (Fsp3) is 0.353. The molecule has 4 heterocycles. The molecule has 148 valence electrons. The monoisotopic (exact) mass is 473 g/mol. The lowest BCUT2D eigenvalue weighted by molar-refractivity contribution is -0.142. The molecular weight excluding hydrogens is 459 g/mol. The minimum absolute atomic E-state index is 0.0318. The Kier molecular flexibility index (Phi) is 4.92. The molecule has 1 aliphatic heterocycles. The highest BCUT2D eigenvalue weighted by atomic mass is 79.9. The van der Waals surface area contributed by atoms with Crippen LogP contribution in [0.4, 0.5) is 13.2 Å². The van der Waals surface area contributed by atoms with Gasteiger partial charge in [-0.05, 0) is 40.5 Å². The molecule has 0 atom stereocenters. The van der Waals surface area contributed by atoms with Crippen molar-refractivity contribution in [2.45, 2.75) is 6.18 Å². The summed E-state index contributed by atoms with van der Waals surface area (Å²) >= 11 is 4.55. The molecule has 4 rings (SSSR count). The average Bonchev–Trinajstić information content (AvgIpc) is 3.29. The third-order valence-electron chi connectivity index (χ3n) is 4.59. The lowest BCUT2D eigenvalue weighted by Gasteiger charge is -2.31. The summed E-state index contributed by atoms with van der Waals surface area (Å²) in [4.78, 5) is 21.5. The minimum Gasteiger partial charge on any atom is -0.335 e. The first-order chi connectivity index (χ1) is 13.3. The second-order valence-corrected chi connectivity index (χ2v) is 8.24. The number of halogens is 4. The van der Waals surface area contributed by atoms with Gasteiger partial charge in [-0.25, -0.2) is 9.50 Å². The molecule has 0 spiro atoms. The number of alkyl halides is 3. The van der Waals surface area contributed by atoms with Crippen LogP contribution in [0.5, 0.6) is 0 Å². The lowest BCUT2D eigenvalue weighted by Crippen LogP contribution is -2.47. The van der Waals surface area contributed by atoms with Crippen LogP contribution in [0, 0.1) is 0 Å². The summed E-state index contributed by atoms with van der Waals surface area (Å²) in [5.41, 5.74) is -0.880. The zero-order valence-electron chi connectivity index (χ0n) is 14.7. The maximum absolute atomic E-state index is 13.7. The summed E-state index contributed by atoms with van der Waals surface area (Å²) in [5.74, 6) is -0.406. The number of piperazine rings is 1. The molecule has 1 saturated heterocycles. The van der Waals surface area contributed by atoms with E-state index in [9.17, 15) is 18.0 Å². The van der Waals surface area contributed by atoms with Gasteiger partial charge in [-0.3, -0.25) is 4.79 Å². The molecule has 0 unspecified atom stereocenters. The van der Waals surface area contributed by atoms with Crippen molar-refractivity contribution in [1.82, 2.24) is 24.4 Å². The van der Waals surface area contributed by atoms with Crippen LogP contribution in [0.1, 0.15) is 16.2 Å². The molecule has 1 amide bonds. The van der Waals surface area contributed by atoms with E-state index in [1.54, 1.807) is 22.4 Å². The molecule has 0 N–H and O–H groups in total. The third-order valence-corrected chi connectivity index (χ3v) is 6.21. The van der Waals surface area contributed by atoms with Gasteiger partial charge in [0, 0.05) is 26.2 Å². The maximum atomic E-state index is 13.7. The van der Waals surface area contributed by atoms with Crippen LogP contribution in [-0.2, 0) is 6.18 Å². The van der Waals surface area contributed by atoms with Crippen LogP contribution in [0.3, 0.4) is 0 Å². The Hall–Kier alpha value is -1.98. The molecule has 11 heteroatoms. The minimum atomic E-state index is -4.65. The standard InChI is InChI=1S/C17H15BrF3N5OS/c1-24-4-6-25(7-5-24)16(27)14-13(18)15-22-10(11-3-2-8-28-11)9-12(17(19,20)21)26(15)23-14/h2-3,8-9H,4-7H2,1H3. The number of nitrogens with zero attached hydrogens (tertiary/aromatic N) is 5. The van der Waals surface area contributed by atoms with Gasteiger partial charge in [0.05, 0.1) is 15.0 Å². The fourth-order valence-electron chi connectivity index (χ4n) is 3.04. The molecule has 0 aromatic carbocycles. The van der Waals surface area contributed by atoms with Gasteiger partial charge in [0.25, 0.3) is 5.91 Å². The molecule has 0 bridgehead atoms. The molecule has 0 radical (unpaired) electrons.